The first kappa shape index (κ1) is 23.7. The summed E-state index contributed by atoms with van der Waals surface area (Å²) in [7, 11) is 1.10. The van der Waals surface area contributed by atoms with Crippen molar-refractivity contribution >= 4 is 17.6 Å². The van der Waals surface area contributed by atoms with Gasteiger partial charge in [0.25, 0.3) is 0 Å². The van der Waals surface area contributed by atoms with Gasteiger partial charge in [0.05, 0.1) is 7.11 Å². The summed E-state index contributed by atoms with van der Waals surface area (Å²) in [5.41, 5.74) is 0.00957. The molecule has 0 aliphatic carbocycles. The average Bonchev–Trinajstić information content (AvgIpc) is 2.68. The number of carbonyl (C=O) groups is 2. The van der Waals surface area contributed by atoms with Crippen molar-refractivity contribution in [2.24, 2.45) is 0 Å². The molecule has 1 rings (SSSR count). The third kappa shape index (κ3) is 7.74. The van der Waals surface area contributed by atoms with Gasteiger partial charge >= 0.3 is 18.1 Å². The molecule has 0 aliphatic heterocycles. The van der Waals surface area contributed by atoms with Crippen molar-refractivity contribution in [1.29, 1.82) is 0 Å². The van der Waals surface area contributed by atoms with Crippen molar-refractivity contribution in [1.82, 2.24) is 0 Å². The highest BCUT2D eigenvalue weighted by atomic mass is 19.4. The molecule has 156 valence electrons. The molecule has 0 unspecified atom stereocenters. The van der Waals surface area contributed by atoms with E-state index in [1.807, 2.05) is 12.2 Å². The van der Waals surface area contributed by atoms with Gasteiger partial charge in [0.2, 0.25) is 0 Å². The fourth-order valence-electron chi connectivity index (χ4n) is 2.83. The third-order valence-electron chi connectivity index (χ3n) is 4.27. The van der Waals surface area contributed by atoms with E-state index in [-0.39, 0.29) is 12.1 Å². The Hall–Kier alpha value is -2.31. The van der Waals surface area contributed by atoms with E-state index in [4.69, 9.17) is 0 Å². The zero-order valence-corrected chi connectivity index (χ0v) is 16.4. The quantitative estimate of drug-likeness (QED) is 0.283. The van der Waals surface area contributed by atoms with E-state index in [2.05, 4.69) is 11.7 Å². The average molecular weight is 399 g/mol. The summed E-state index contributed by atoms with van der Waals surface area (Å²) in [5.74, 6) is -2.95. The van der Waals surface area contributed by atoms with Gasteiger partial charge in [-0.25, -0.2) is 4.79 Å². The molecule has 0 heterocycles. The maximum atomic E-state index is 13.1. The maximum Gasteiger partial charge on any atom is 0.471 e. The Labute approximate surface area is 164 Å². The number of amides is 1. The second-order valence-corrected chi connectivity index (χ2v) is 6.45. The number of rotatable bonds is 11. The summed E-state index contributed by atoms with van der Waals surface area (Å²) in [5, 5.41) is 0. The monoisotopic (exact) mass is 399 g/mol. The molecule has 0 bridgehead atoms. The predicted octanol–water partition coefficient (Wildman–Crippen LogP) is 5.43. The molecule has 1 aromatic carbocycles. The van der Waals surface area contributed by atoms with Crippen LogP contribution in [0.3, 0.4) is 0 Å². The van der Waals surface area contributed by atoms with Crippen LogP contribution >= 0.6 is 0 Å². The van der Waals surface area contributed by atoms with E-state index in [0.717, 1.165) is 32.8 Å². The van der Waals surface area contributed by atoms with Crippen LogP contribution in [-0.2, 0) is 14.3 Å². The van der Waals surface area contributed by atoms with E-state index in [9.17, 15) is 22.8 Å². The van der Waals surface area contributed by atoms with Gasteiger partial charge in [-0.3, -0.25) is 9.69 Å². The highest BCUT2D eigenvalue weighted by Gasteiger charge is 2.47. The fourth-order valence-corrected chi connectivity index (χ4v) is 2.83. The molecule has 0 fully saturated rings. The summed E-state index contributed by atoms with van der Waals surface area (Å²) >= 11 is 0. The highest BCUT2D eigenvalue weighted by molar-refractivity contribution is 6.02. The molecule has 0 saturated heterocycles. The normalized spacial score (nSPS) is 12.8. The Balaban J connectivity index is 2.90. The largest absolute Gasteiger partial charge is 0.471 e. The summed E-state index contributed by atoms with van der Waals surface area (Å²) < 4.78 is 44.1. The number of anilines is 1. The first-order valence-corrected chi connectivity index (χ1v) is 9.51. The lowest BCUT2D eigenvalue weighted by molar-refractivity contribution is -0.172. The van der Waals surface area contributed by atoms with Crippen LogP contribution < -0.4 is 4.90 Å². The number of carbonyl (C=O) groups excluding carboxylic acids is 2. The lowest BCUT2D eigenvalue weighted by atomic mass is 10.1. The number of ether oxygens (including phenoxy) is 1. The van der Waals surface area contributed by atoms with Crippen molar-refractivity contribution < 1.29 is 27.5 Å². The minimum Gasteiger partial charge on any atom is -0.467 e. The fraction of sp³-hybridized carbons (Fsp3) is 0.524. The van der Waals surface area contributed by atoms with Crippen molar-refractivity contribution in [2.75, 3.05) is 12.0 Å². The molecule has 0 spiro atoms. The van der Waals surface area contributed by atoms with Crippen molar-refractivity contribution in [2.45, 2.75) is 64.1 Å². The highest BCUT2D eigenvalue weighted by Crippen LogP contribution is 2.28. The standard InChI is InChI=1S/C21H28F3NO3/c1-3-4-5-6-7-8-9-13-16-18(19(26)28-2)25(20(27)21(22,23)24)17-14-11-10-12-15-17/h7-8,10-12,14-15,18H,3-6,9,13,16H2,1-2H3/b8-7+/t18-/m1/s1. The molecule has 0 aromatic heterocycles. The lowest BCUT2D eigenvalue weighted by Crippen LogP contribution is -2.51. The molecule has 0 saturated carbocycles. The summed E-state index contributed by atoms with van der Waals surface area (Å²) in [6.45, 7) is 2.12. The molecule has 28 heavy (non-hydrogen) atoms. The van der Waals surface area contributed by atoms with Crippen LogP contribution in [0.4, 0.5) is 18.9 Å². The zero-order valence-electron chi connectivity index (χ0n) is 16.4. The van der Waals surface area contributed by atoms with Gasteiger partial charge in [0.1, 0.15) is 6.04 Å². The molecule has 4 nitrogen and oxygen atoms in total. The number of benzene rings is 1. The number of alkyl halides is 3. The second kappa shape index (κ2) is 12.2. The molecule has 0 aliphatic rings. The van der Waals surface area contributed by atoms with Gasteiger partial charge in [0.15, 0.2) is 0 Å². The van der Waals surface area contributed by atoms with Gasteiger partial charge < -0.3 is 4.74 Å². The van der Waals surface area contributed by atoms with Gasteiger partial charge in [-0.1, -0.05) is 50.1 Å². The number of nitrogens with zero attached hydrogens (tertiary/aromatic N) is 1. The summed E-state index contributed by atoms with van der Waals surface area (Å²) in [6, 6.07) is 6.05. The Morgan fingerprint density at radius 2 is 1.68 bits per heavy atom. The Kier molecular flexibility index (Phi) is 10.3. The van der Waals surface area contributed by atoms with Crippen molar-refractivity contribution in [3.8, 4) is 0 Å². The van der Waals surface area contributed by atoms with Crippen LogP contribution in [0.25, 0.3) is 0 Å². The van der Waals surface area contributed by atoms with Gasteiger partial charge in [-0.15, -0.1) is 0 Å². The molecular weight excluding hydrogens is 371 g/mol. The number of methoxy groups -OCH3 is 1. The van der Waals surface area contributed by atoms with Gasteiger partial charge in [0, 0.05) is 5.69 Å². The van der Waals surface area contributed by atoms with Crippen LogP contribution in [0.1, 0.15) is 51.9 Å². The molecule has 0 radical (unpaired) electrons. The van der Waals surface area contributed by atoms with Crippen LogP contribution in [0.5, 0.6) is 0 Å². The second-order valence-electron chi connectivity index (χ2n) is 6.45. The number of halogens is 3. The minimum absolute atomic E-state index is 0.00957. The Bertz CT molecular complexity index is 630. The smallest absolute Gasteiger partial charge is 0.467 e. The van der Waals surface area contributed by atoms with Gasteiger partial charge in [-0.2, -0.15) is 13.2 Å². The van der Waals surface area contributed by atoms with Crippen LogP contribution in [0.2, 0.25) is 0 Å². The molecule has 1 atom stereocenters. The Morgan fingerprint density at radius 1 is 1.07 bits per heavy atom. The number of para-hydroxylation sites is 1. The van der Waals surface area contributed by atoms with Crippen LogP contribution in [-0.4, -0.2) is 31.2 Å². The van der Waals surface area contributed by atoms with E-state index in [1.54, 1.807) is 6.07 Å². The van der Waals surface area contributed by atoms with Crippen molar-refractivity contribution in [3.63, 3.8) is 0 Å². The SMILES string of the molecule is CCCCC/C=C/CCC[C@H](C(=O)OC)N(C(=O)C(F)(F)F)c1ccccc1. The molecule has 0 N–H and O–H groups in total. The van der Waals surface area contributed by atoms with E-state index in [1.165, 1.54) is 24.3 Å². The maximum absolute atomic E-state index is 13.1. The van der Waals surface area contributed by atoms with E-state index < -0.39 is 24.1 Å². The van der Waals surface area contributed by atoms with E-state index >= 15 is 0 Å². The van der Waals surface area contributed by atoms with E-state index in [0.29, 0.717) is 17.7 Å². The Morgan fingerprint density at radius 3 is 2.21 bits per heavy atom. The molecular formula is C21H28F3NO3. The van der Waals surface area contributed by atoms with Gasteiger partial charge in [-0.05, 0) is 44.2 Å². The van der Waals surface area contributed by atoms with Crippen LogP contribution in [0, 0.1) is 0 Å². The molecule has 1 aromatic rings. The number of hydrogen-bond acceptors (Lipinski definition) is 3. The molecule has 7 heteroatoms. The minimum atomic E-state index is -5.10. The van der Waals surface area contributed by atoms with Crippen LogP contribution in [0.15, 0.2) is 42.5 Å². The molecule has 1 amide bonds. The topological polar surface area (TPSA) is 46.6 Å². The number of allylic oxidation sites excluding steroid dienone is 2. The lowest BCUT2D eigenvalue weighted by Gasteiger charge is -2.30. The summed E-state index contributed by atoms with van der Waals surface area (Å²) in [4.78, 5) is 24.7. The zero-order chi connectivity index (χ0) is 21.0. The first-order valence-electron chi connectivity index (χ1n) is 9.51. The third-order valence-corrected chi connectivity index (χ3v) is 4.27. The number of esters is 1. The number of hydrogen-bond donors (Lipinski definition) is 0. The first-order chi connectivity index (χ1) is 13.3. The summed E-state index contributed by atoms with van der Waals surface area (Å²) in [6.07, 6.45) is 4.39. The predicted molar refractivity (Wildman–Crippen MR) is 103 cm³/mol. The number of unbranched alkanes of at least 4 members (excludes halogenated alkanes) is 4. The van der Waals surface area contributed by atoms with Crippen molar-refractivity contribution in [3.05, 3.63) is 42.5 Å².